The molecule has 0 spiro atoms. The third-order valence-electron chi connectivity index (χ3n) is 1.91. The van der Waals surface area contributed by atoms with E-state index in [0.717, 1.165) is 5.69 Å². The van der Waals surface area contributed by atoms with Gasteiger partial charge >= 0.3 is 0 Å². The number of amides is 1. The summed E-state index contributed by atoms with van der Waals surface area (Å²) in [6.45, 7) is 0. The van der Waals surface area contributed by atoms with Crippen molar-refractivity contribution in [2.45, 2.75) is 5.44 Å². The van der Waals surface area contributed by atoms with Crippen molar-refractivity contribution in [1.82, 2.24) is 0 Å². The highest BCUT2D eigenvalue weighted by Gasteiger charge is 2.31. The lowest BCUT2D eigenvalue weighted by Crippen LogP contribution is -2.28. The van der Waals surface area contributed by atoms with Gasteiger partial charge in [0.2, 0.25) is 0 Å². The molecule has 1 aliphatic rings. The third-order valence-corrected chi connectivity index (χ3v) is 2.83. The number of thioether (sulfide) groups is 1. The summed E-state index contributed by atoms with van der Waals surface area (Å²) in [6, 6.07) is 9.36. The minimum absolute atomic E-state index is 0.226. The minimum atomic E-state index is -0.889. The van der Waals surface area contributed by atoms with Gasteiger partial charge in [0.15, 0.2) is 5.44 Å². The number of rotatable bonds is 1. The van der Waals surface area contributed by atoms with Gasteiger partial charge < -0.3 is 5.11 Å². The molecule has 0 saturated carbocycles. The first kappa shape index (κ1) is 8.59. The third kappa shape index (κ3) is 1.55. The predicted molar refractivity (Wildman–Crippen MR) is 52.4 cm³/mol. The van der Waals surface area contributed by atoms with Crippen LogP contribution in [-0.2, 0) is 4.79 Å². The second-order valence-corrected chi connectivity index (χ2v) is 3.79. The molecule has 1 N–H and O–H groups in total. The number of nitrogens with zero attached hydrogens (tertiary/aromatic N) is 1. The van der Waals surface area contributed by atoms with Crippen LogP contribution in [0.5, 0.6) is 0 Å². The second-order valence-electron chi connectivity index (χ2n) is 2.75. The van der Waals surface area contributed by atoms with E-state index in [0.29, 0.717) is 5.88 Å². The summed E-state index contributed by atoms with van der Waals surface area (Å²) in [5.41, 5.74) is -0.0447. The molecule has 68 valence electrons. The van der Waals surface area contributed by atoms with Crippen molar-refractivity contribution in [3.8, 4) is 0 Å². The van der Waals surface area contributed by atoms with E-state index < -0.39 is 5.44 Å². The molecule has 3 nitrogen and oxygen atoms in total. The van der Waals surface area contributed by atoms with Gasteiger partial charge in [-0.1, -0.05) is 30.0 Å². The fraction of sp³-hybridized carbons (Fsp3) is 0.222. The summed E-state index contributed by atoms with van der Waals surface area (Å²) in [6.07, 6.45) is 0. The van der Waals surface area contributed by atoms with E-state index in [1.807, 2.05) is 30.3 Å². The summed E-state index contributed by atoms with van der Waals surface area (Å²) < 4.78 is 0. The minimum Gasteiger partial charge on any atom is -0.373 e. The largest absolute Gasteiger partial charge is 0.373 e. The maximum absolute atomic E-state index is 11.4. The number of para-hydroxylation sites is 1. The molecular formula is C9H9NO2S. The Morgan fingerprint density at radius 2 is 2.08 bits per heavy atom. The molecule has 0 bridgehead atoms. The van der Waals surface area contributed by atoms with E-state index in [-0.39, 0.29) is 5.91 Å². The molecule has 1 aromatic carbocycles. The number of carbonyl (C=O) groups is 1. The summed E-state index contributed by atoms with van der Waals surface area (Å²) >= 11 is 1.24. The molecule has 1 atom stereocenters. The van der Waals surface area contributed by atoms with Crippen molar-refractivity contribution in [3.05, 3.63) is 30.3 Å². The number of aliphatic hydroxyl groups excluding tert-OH is 1. The first-order valence-electron chi connectivity index (χ1n) is 3.95. The van der Waals surface area contributed by atoms with Crippen molar-refractivity contribution in [2.24, 2.45) is 0 Å². The van der Waals surface area contributed by atoms with Crippen molar-refractivity contribution in [3.63, 3.8) is 0 Å². The van der Waals surface area contributed by atoms with E-state index in [1.54, 1.807) is 4.90 Å². The lowest BCUT2D eigenvalue weighted by molar-refractivity contribution is -0.121. The van der Waals surface area contributed by atoms with Crippen molar-refractivity contribution >= 4 is 23.4 Å². The van der Waals surface area contributed by atoms with Gasteiger partial charge in [-0.05, 0) is 12.1 Å². The first-order chi connectivity index (χ1) is 6.29. The Morgan fingerprint density at radius 3 is 2.62 bits per heavy atom. The van der Waals surface area contributed by atoms with E-state index in [1.165, 1.54) is 11.8 Å². The topological polar surface area (TPSA) is 40.5 Å². The monoisotopic (exact) mass is 195 g/mol. The van der Waals surface area contributed by atoms with E-state index >= 15 is 0 Å². The molecular weight excluding hydrogens is 186 g/mol. The number of anilines is 1. The fourth-order valence-electron chi connectivity index (χ4n) is 1.22. The molecule has 1 amide bonds. The van der Waals surface area contributed by atoms with Crippen LogP contribution in [-0.4, -0.2) is 22.3 Å². The van der Waals surface area contributed by atoms with Gasteiger partial charge in [0.05, 0.1) is 5.88 Å². The summed E-state index contributed by atoms with van der Waals surface area (Å²) in [5, 5.41) is 9.20. The molecule has 1 unspecified atom stereocenters. The average molecular weight is 195 g/mol. The van der Waals surface area contributed by atoms with E-state index in [4.69, 9.17) is 0 Å². The van der Waals surface area contributed by atoms with Crippen LogP contribution >= 0.6 is 11.8 Å². The molecule has 0 aliphatic carbocycles. The Kier molecular flexibility index (Phi) is 2.24. The second kappa shape index (κ2) is 3.40. The molecule has 2 rings (SSSR count). The van der Waals surface area contributed by atoms with Gasteiger partial charge in [-0.3, -0.25) is 9.69 Å². The van der Waals surface area contributed by atoms with Crippen molar-refractivity contribution in [1.29, 1.82) is 0 Å². The molecule has 1 aromatic rings. The van der Waals surface area contributed by atoms with Gasteiger partial charge in [0.25, 0.3) is 5.91 Å². The number of hydrogen-bond acceptors (Lipinski definition) is 3. The number of carbonyl (C=O) groups excluding carboxylic acids is 1. The fourth-order valence-corrected chi connectivity index (χ4v) is 2.06. The van der Waals surface area contributed by atoms with Gasteiger partial charge in [-0.25, -0.2) is 0 Å². The smallest absolute Gasteiger partial charge is 0.267 e. The van der Waals surface area contributed by atoms with Crippen LogP contribution in [0.4, 0.5) is 5.69 Å². The molecule has 1 heterocycles. The Balaban J connectivity index is 2.24. The van der Waals surface area contributed by atoms with Crippen LogP contribution in [0.15, 0.2) is 30.3 Å². The Labute approximate surface area is 80.4 Å². The van der Waals surface area contributed by atoms with Crippen LogP contribution in [0.25, 0.3) is 0 Å². The maximum Gasteiger partial charge on any atom is 0.267 e. The molecule has 1 saturated heterocycles. The summed E-state index contributed by atoms with van der Waals surface area (Å²) in [7, 11) is 0. The zero-order valence-electron chi connectivity index (χ0n) is 6.88. The highest BCUT2D eigenvalue weighted by atomic mass is 32.2. The zero-order chi connectivity index (χ0) is 9.26. The lowest BCUT2D eigenvalue weighted by atomic mass is 10.3. The highest BCUT2D eigenvalue weighted by Crippen LogP contribution is 2.27. The van der Waals surface area contributed by atoms with Gasteiger partial charge in [-0.15, -0.1) is 0 Å². The van der Waals surface area contributed by atoms with E-state index in [9.17, 15) is 9.90 Å². The number of hydrogen-bond donors (Lipinski definition) is 1. The van der Waals surface area contributed by atoms with Crippen LogP contribution in [0, 0.1) is 0 Å². The van der Waals surface area contributed by atoms with Crippen molar-refractivity contribution in [2.75, 3.05) is 10.8 Å². The Morgan fingerprint density at radius 1 is 1.38 bits per heavy atom. The quantitative estimate of drug-likeness (QED) is 0.728. The average Bonchev–Trinajstić information content (AvgIpc) is 2.49. The van der Waals surface area contributed by atoms with E-state index in [2.05, 4.69) is 0 Å². The molecule has 1 fully saturated rings. The lowest BCUT2D eigenvalue weighted by Gasteiger charge is -2.13. The standard InChI is InChI=1S/C9H9NO2S/c11-8-9(12)13-6-10(8)7-4-2-1-3-5-7/h1-5,9,12H,6H2. The van der Waals surface area contributed by atoms with Gasteiger partial charge in [0.1, 0.15) is 0 Å². The first-order valence-corrected chi connectivity index (χ1v) is 5.00. The van der Waals surface area contributed by atoms with Crippen LogP contribution in [0.1, 0.15) is 0 Å². The Hall–Kier alpha value is -1.00. The molecule has 1 aliphatic heterocycles. The predicted octanol–water partition coefficient (Wildman–Crippen LogP) is 1.04. The van der Waals surface area contributed by atoms with Gasteiger partial charge in [0, 0.05) is 5.69 Å². The molecule has 0 aromatic heterocycles. The zero-order valence-corrected chi connectivity index (χ0v) is 7.70. The Bertz CT molecular complexity index is 315. The number of benzene rings is 1. The van der Waals surface area contributed by atoms with Crippen LogP contribution < -0.4 is 4.90 Å². The molecule has 0 radical (unpaired) electrons. The molecule has 13 heavy (non-hydrogen) atoms. The van der Waals surface area contributed by atoms with Crippen LogP contribution in [0.2, 0.25) is 0 Å². The van der Waals surface area contributed by atoms with Crippen molar-refractivity contribution < 1.29 is 9.90 Å². The molecule has 4 heteroatoms. The maximum atomic E-state index is 11.4. The van der Waals surface area contributed by atoms with Gasteiger partial charge in [-0.2, -0.15) is 0 Å². The normalized spacial score (nSPS) is 22.4. The number of aliphatic hydroxyl groups is 1. The SMILES string of the molecule is O=C1C(O)SCN1c1ccccc1. The highest BCUT2D eigenvalue weighted by molar-refractivity contribution is 8.01. The van der Waals surface area contributed by atoms with Crippen LogP contribution in [0.3, 0.4) is 0 Å². The summed E-state index contributed by atoms with van der Waals surface area (Å²) in [5.74, 6) is 0.306. The summed E-state index contributed by atoms with van der Waals surface area (Å²) in [4.78, 5) is 12.9.